The molecule has 4 rings (SSSR count). The fourth-order valence-corrected chi connectivity index (χ4v) is 7.06. The van der Waals surface area contributed by atoms with Crippen LogP contribution in [0.3, 0.4) is 0 Å². The summed E-state index contributed by atoms with van der Waals surface area (Å²) < 4.78 is 5.20. The Hall–Kier alpha value is -2.28. The first-order valence-electron chi connectivity index (χ1n) is 12.4. The maximum absolute atomic E-state index is 13.2. The highest BCUT2D eigenvalue weighted by molar-refractivity contribution is 8.01. The van der Waals surface area contributed by atoms with E-state index in [1.807, 2.05) is 6.92 Å². The van der Waals surface area contributed by atoms with Crippen molar-refractivity contribution in [3.05, 3.63) is 29.8 Å². The van der Waals surface area contributed by atoms with Gasteiger partial charge in [0.05, 0.1) is 35.8 Å². The number of benzene rings is 1. The quantitative estimate of drug-likeness (QED) is 0.512. The van der Waals surface area contributed by atoms with Crippen molar-refractivity contribution >= 4 is 29.3 Å². The van der Waals surface area contributed by atoms with E-state index in [9.17, 15) is 14.9 Å². The number of fused-ring (bicyclic) bond motifs is 1. The van der Waals surface area contributed by atoms with Gasteiger partial charge in [0.25, 0.3) is 0 Å². The van der Waals surface area contributed by atoms with Crippen LogP contribution in [0.4, 0.5) is 5.69 Å². The highest BCUT2D eigenvalue weighted by atomic mass is 32.2. The van der Waals surface area contributed by atoms with Crippen LogP contribution in [0.5, 0.6) is 0 Å². The first kappa shape index (κ1) is 24.8. The standard InChI is InChI=1S/C25H35N5O3S/c1-3-30-22-21(25(32)33-4-2)19(15-26)23(22)34-20(24(30)31)8-9-28-18-7-5-6-17(14-18)16-29-12-10-27-11-13-29/h5-7,14,19-23,27-28H,3-4,8-13,16H2,1-2H3. The van der Waals surface area contributed by atoms with Crippen molar-refractivity contribution in [1.29, 1.82) is 5.26 Å². The first-order valence-corrected chi connectivity index (χ1v) is 13.3. The van der Waals surface area contributed by atoms with Crippen LogP contribution >= 0.6 is 11.8 Å². The summed E-state index contributed by atoms with van der Waals surface area (Å²) in [5.74, 6) is -1.24. The van der Waals surface area contributed by atoms with Crippen LogP contribution in [0.25, 0.3) is 0 Å². The maximum Gasteiger partial charge on any atom is 0.312 e. The molecule has 2 saturated heterocycles. The lowest BCUT2D eigenvalue weighted by Crippen LogP contribution is -2.69. The summed E-state index contributed by atoms with van der Waals surface area (Å²) in [5, 5.41) is 16.3. The van der Waals surface area contributed by atoms with E-state index >= 15 is 0 Å². The molecule has 34 heavy (non-hydrogen) atoms. The molecule has 1 aromatic carbocycles. The molecule has 2 aliphatic heterocycles. The average Bonchev–Trinajstić information content (AvgIpc) is 2.83. The SMILES string of the molecule is CCOC(=O)C1C(C#N)C2SC(CCNc3cccc(CN4CCNCC4)c3)C(=O)N(CC)C21. The van der Waals surface area contributed by atoms with Gasteiger partial charge in [-0.1, -0.05) is 12.1 Å². The molecule has 0 radical (unpaired) electrons. The molecule has 3 fully saturated rings. The molecule has 184 valence electrons. The van der Waals surface area contributed by atoms with Crippen molar-refractivity contribution in [2.75, 3.05) is 51.2 Å². The van der Waals surface area contributed by atoms with Crippen molar-refractivity contribution in [3.8, 4) is 6.07 Å². The number of amides is 1. The van der Waals surface area contributed by atoms with Crippen LogP contribution in [-0.4, -0.2) is 84.1 Å². The van der Waals surface area contributed by atoms with Gasteiger partial charge in [0.15, 0.2) is 0 Å². The second-order valence-electron chi connectivity index (χ2n) is 9.08. The third kappa shape index (κ3) is 5.19. The Morgan fingerprint density at radius 3 is 2.82 bits per heavy atom. The van der Waals surface area contributed by atoms with Crippen LogP contribution in [-0.2, 0) is 20.9 Å². The number of nitrogens with one attached hydrogen (secondary N) is 2. The molecule has 5 atom stereocenters. The summed E-state index contributed by atoms with van der Waals surface area (Å²) in [7, 11) is 0. The second-order valence-corrected chi connectivity index (χ2v) is 10.5. The Bertz CT molecular complexity index is 916. The predicted octanol–water partition coefficient (Wildman–Crippen LogP) is 1.93. The Balaban J connectivity index is 1.33. The van der Waals surface area contributed by atoms with Crippen LogP contribution < -0.4 is 10.6 Å². The van der Waals surface area contributed by atoms with Crippen molar-refractivity contribution in [2.24, 2.45) is 11.8 Å². The predicted molar refractivity (Wildman–Crippen MR) is 133 cm³/mol. The van der Waals surface area contributed by atoms with Crippen molar-refractivity contribution < 1.29 is 14.3 Å². The molecule has 2 heterocycles. The van der Waals surface area contributed by atoms with Gasteiger partial charge in [-0.3, -0.25) is 14.5 Å². The van der Waals surface area contributed by atoms with Gasteiger partial charge in [0, 0.05) is 56.8 Å². The summed E-state index contributed by atoms with van der Waals surface area (Å²) in [5.41, 5.74) is 2.35. The summed E-state index contributed by atoms with van der Waals surface area (Å²) in [4.78, 5) is 29.9. The van der Waals surface area contributed by atoms with E-state index < -0.39 is 11.8 Å². The first-order chi connectivity index (χ1) is 16.6. The number of esters is 1. The Labute approximate surface area is 206 Å². The number of hydrogen-bond donors (Lipinski definition) is 2. The van der Waals surface area contributed by atoms with E-state index in [1.54, 1.807) is 23.6 Å². The number of hydrogen-bond acceptors (Lipinski definition) is 8. The van der Waals surface area contributed by atoms with E-state index in [-0.39, 0.29) is 35.0 Å². The zero-order valence-electron chi connectivity index (χ0n) is 20.0. The highest BCUT2D eigenvalue weighted by Gasteiger charge is 2.62. The molecule has 1 amide bonds. The highest BCUT2D eigenvalue weighted by Crippen LogP contribution is 2.51. The van der Waals surface area contributed by atoms with Gasteiger partial charge in [0.2, 0.25) is 5.91 Å². The largest absolute Gasteiger partial charge is 0.466 e. The van der Waals surface area contributed by atoms with Crippen molar-refractivity contribution in [1.82, 2.24) is 15.1 Å². The zero-order valence-corrected chi connectivity index (χ0v) is 20.9. The maximum atomic E-state index is 13.2. The van der Waals surface area contributed by atoms with Gasteiger partial charge < -0.3 is 20.3 Å². The third-order valence-electron chi connectivity index (χ3n) is 7.01. The van der Waals surface area contributed by atoms with Crippen molar-refractivity contribution in [3.63, 3.8) is 0 Å². The number of nitrogens with zero attached hydrogens (tertiary/aromatic N) is 3. The lowest BCUT2D eigenvalue weighted by molar-refractivity contribution is -0.161. The molecular weight excluding hydrogens is 450 g/mol. The molecule has 0 bridgehead atoms. The van der Waals surface area contributed by atoms with Crippen molar-refractivity contribution in [2.45, 2.75) is 43.4 Å². The molecule has 2 N–H and O–H groups in total. The number of carbonyl (C=O) groups is 2. The summed E-state index contributed by atoms with van der Waals surface area (Å²) in [6.07, 6.45) is 0.674. The van der Waals surface area contributed by atoms with E-state index in [2.05, 4.69) is 45.9 Å². The van der Waals surface area contributed by atoms with E-state index in [1.165, 1.54) is 5.56 Å². The summed E-state index contributed by atoms with van der Waals surface area (Å²) in [6, 6.07) is 10.6. The molecule has 1 saturated carbocycles. The minimum absolute atomic E-state index is 0.0376. The second kappa shape index (κ2) is 11.4. The molecule has 3 aliphatic rings. The topological polar surface area (TPSA) is 97.7 Å². The van der Waals surface area contributed by atoms with Gasteiger partial charge in [-0.05, 0) is 38.0 Å². The lowest BCUT2D eigenvalue weighted by atomic mass is 9.68. The molecule has 0 spiro atoms. The van der Waals surface area contributed by atoms with Gasteiger partial charge in [-0.15, -0.1) is 11.8 Å². The van der Waals surface area contributed by atoms with Crippen LogP contribution in [0, 0.1) is 23.2 Å². The van der Waals surface area contributed by atoms with Gasteiger partial charge in [0.1, 0.15) is 0 Å². The van der Waals surface area contributed by atoms with E-state index in [0.717, 1.165) is 38.4 Å². The Morgan fingerprint density at radius 2 is 2.12 bits per heavy atom. The van der Waals surface area contributed by atoms with Gasteiger partial charge in [-0.25, -0.2) is 0 Å². The van der Waals surface area contributed by atoms with Gasteiger partial charge >= 0.3 is 5.97 Å². The number of nitriles is 1. The van der Waals surface area contributed by atoms with Crippen LogP contribution in [0.15, 0.2) is 24.3 Å². The smallest absolute Gasteiger partial charge is 0.312 e. The number of ether oxygens (including phenoxy) is 1. The molecule has 9 heteroatoms. The molecule has 8 nitrogen and oxygen atoms in total. The molecule has 1 aromatic rings. The van der Waals surface area contributed by atoms with Crippen LogP contribution in [0.2, 0.25) is 0 Å². The number of anilines is 1. The molecule has 1 aliphatic carbocycles. The fourth-order valence-electron chi connectivity index (χ4n) is 5.30. The minimum atomic E-state index is -0.538. The Morgan fingerprint density at radius 1 is 1.32 bits per heavy atom. The Kier molecular flexibility index (Phi) is 8.35. The number of piperazine rings is 1. The van der Waals surface area contributed by atoms with E-state index in [0.29, 0.717) is 19.5 Å². The molecular formula is C25H35N5O3S. The molecule has 5 unspecified atom stereocenters. The van der Waals surface area contributed by atoms with E-state index in [4.69, 9.17) is 4.74 Å². The minimum Gasteiger partial charge on any atom is -0.466 e. The zero-order chi connectivity index (χ0) is 24.1. The monoisotopic (exact) mass is 485 g/mol. The number of thioether (sulfide) groups is 1. The van der Waals surface area contributed by atoms with Gasteiger partial charge in [-0.2, -0.15) is 5.26 Å². The summed E-state index contributed by atoms with van der Waals surface area (Å²) >= 11 is 1.57. The third-order valence-corrected chi connectivity index (χ3v) is 8.66. The average molecular weight is 486 g/mol. The molecule has 0 aromatic heterocycles. The summed E-state index contributed by atoms with van der Waals surface area (Å²) in [6.45, 7) is 10.3. The fraction of sp³-hybridized carbons (Fsp3) is 0.640. The number of rotatable bonds is 9. The van der Waals surface area contributed by atoms with Crippen LogP contribution in [0.1, 0.15) is 25.8 Å². The number of carbonyl (C=O) groups excluding carboxylic acids is 2. The lowest BCUT2D eigenvalue weighted by Gasteiger charge is -2.56. The normalized spacial score (nSPS) is 29.0.